The maximum atomic E-state index is 12.5. The van der Waals surface area contributed by atoms with Gasteiger partial charge in [0.25, 0.3) is 0 Å². The van der Waals surface area contributed by atoms with E-state index in [9.17, 15) is 4.79 Å². The predicted molar refractivity (Wildman–Crippen MR) is 121 cm³/mol. The van der Waals surface area contributed by atoms with Crippen molar-refractivity contribution >= 4 is 17.7 Å². The molecule has 0 fully saturated rings. The summed E-state index contributed by atoms with van der Waals surface area (Å²) in [5.41, 5.74) is 1.93. The Morgan fingerprint density at radius 1 is 1.20 bits per heavy atom. The van der Waals surface area contributed by atoms with Crippen LogP contribution < -0.4 is 10.1 Å². The lowest BCUT2D eigenvalue weighted by Crippen LogP contribution is -2.28. The van der Waals surface area contributed by atoms with Crippen molar-refractivity contribution in [2.24, 2.45) is 0 Å². The second-order valence-electron chi connectivity index (χ2n) is 6.62. The van der Waals surface area contributed by atoms with Gasteiger partial charge in [0.1, 0.15) is 5.75 Å². The summed E-state index contributed by atoms with van der Waals surface area (Å²) in [6.07, 6.45) is 1.79. The highest BCUT2D eigenvalue weighted by atomic mass is 32.2. The molecule has 0 aliphatic carbocycles. The van der Waals surface area contributed by atoms with E-state index in [1.54, 1.807) is 6.08 Å². The molecule has 2 aromatic carbocycles. The van der Waals surface area contributed by atoms with Crippen LogP contribution >= 0.6 is 11.8 Å². The number of hydrogen-bond donors (Lipinski definition) is 1. The second kappa shape index (κ2) is 10.6. The van der Waals surface area contributed by atoms with E-state index in [-0.39, 0.29) is 17.7 Å². The highest BCUT2D eigenvalue weighted by Gasteiger charge is 2.18. The van der Waals surface area contributed by atoms with Gasteiger partial charge < -0.3 is 10.1 Å². The molecule has 156 valence electrons. The third-order valence-corrected chi connectivity index (χ3v) is 5.43. The van der Waals surface area contributed by atoms with E-state index >= 15 is 0 Å². The number of carbonyl (C=O) groups is 1. The molecular formula is C23H26N4O2S. The van der Waals surface area contributed by atoms with Crippen molar-refractivity contribution in [1.29, 1.82) is 0 Å². The lowest BCUT2D eigenvalue weighted by molar-refractivity contribution is -0.119. The van der Waals surface area contributed by atoms with Gasteiger partial charge in [-0.2, -0.15) is 0 Å². The molecular weight excluding hydrogens is 396 g/mol. The number of nitrogens with one attached hydrogen (secondary N) is 1. The predicted octanol–water partition coefficient (Wildman–Crippen LogP) is 4.50. The van der Waals surface area contributed by atoms with Crippen LogP contribution in [-0.2, 0) is 11.3 Å². The molecule has 0 saturated heterocycles. The normalized spacial score (nSPS) is 11.7. The van der Waals surface area contributed by atoms with E-state index in [0.717, 1.165) is 16.9 Å². The molecule has 3 aromatic rings. The Labute approximate surface area is 181 Å². The van der Waals surface area contributed by atoms with Gasteiger partial charge in [-0.3, -0.25) is 9.36 Å². The van der Waals surface area contributed by atoms with Gasteiger partial charge in [-0.25, -0.2) is 0 Å². The van der Waals surface area contributed by atoms with Crippen molar-refractivity contribution in [3.05, 3.63) is 72.8 Å². The summed E-state index contributed by atoms with van der Waals surface area (Å²) in [7, 11) is 0. The SMILES string of the molecule is C=CCn1c(SCC(=O)NC(C)c2ccccc2)nnc1-c1ccccc1OCC. The smallest absolute Gasteiger partial charge is 0.230 e. The Hall–Kier alpha value is -3.06. The van der Waals surface area contributed by atoms with Gasteiger partial charge in [-0.15, -0.1) is 16.8 Å². The Morgan fingerprint density at radius 3 is 2.67 bits per heavy atom. The molecule has 0 radical (unpaired) electrons. The summed E-state index contributed by atoms with van der Waals surface area (Å²) in [4.78, 5) is 12.5. The molecule has 0 saturated carbocycles. The van der Waals surface area contributed by atoms with E-state index in [1.807, 2.05) is 73.0 Å². The zero-order valence-corrected chi connectivity index (χ0v) is 18.1. The molecule has 1 N–H and O–H groups in total. The third-order valence-electron chi connectivity index (χ3n) is 4.47. The van der Waals surface area contributed by atoms with E-state index in [0.29, 0.717) is 24.1 Å². The summed E-state index contributed by atoms with van der Waals surface area (Å²) >= 11 is 1.36. The van der Waals surface area contributed by atoms with E-state index < -0.39 is 0 Å². The number of amides is 1. The Bertz CT molecular complexity index is 988. The molecule has 1 heterocycles. The molecule has 1 amide bonds. The molecule has 7 heteroatoms. The van der Waals surface area contributed by atoms with Crippen LogP contribution in [0.4, 0.5) is 0 Å². The number of hydrogen-bond acceptors (Lipinski definition) is 5. The van der Waals surface area contributed by atoms with Gasteiger partial charge in [0.2, 0.25) is 5.91 Å². The van der Waals surface area contributed by atoms with Gasteiger partial charge in [-0.1, -0.05) is 60.3 Å². The van der Waals surface area contributed by atoms with Crippen LogP contribution in [0.3, 0.4) is 0 Å². The molecule has 1 atom stereocenters. The number of thioether (sulfide) groups is 1. The molecule has 0 bridgehead atoms. The number of ether oxygens (including phenoxy) is 1. The fourth-order valence-electron chi connectivity index (χ4n) is 3.06. The zero-order valence-electron chi connectivity index (χ0n) is 17.2. The Balaban J connectivity index is 1.73. The van der Waals surface area contributed by atoms with Crippen molar-refractivity contribution in [3.8, 4) is 17.1 Å². The number of nitrogens with zero attached hydrogens (tertiary/aromatic N) is 3. The van der Waals surface area contributed by atoms with Crippen molar-refractivity contribution in [2.75, 3.05) is 12.4 Å². The first-order valence-corrected chi connectivity index (χ1v) is 10.9. The van der Waals surface area contributed by atoms with Crippen LogP contribution in [0.25, 0.3) is 11.4 Å². The van der Waals surface area contributed by atoms with Crippen molar-refractivity contribution < 1.29 is 9.53 Å². The van der Waals surface area contributed by atoms with Gasteiger partial charge in [0.15, 0.2) is 11.0 Å². The average molecular weight is 423 g/mol. The minimum Gasteiger partial charge on any atom is -0.493 e. The fourth-order valence-corrected chi connectivity index (χ4v) is 3.82. The Kier molecular flexibility index (Phi) is 7.68. The van der Waals surface area contributed by atoms with Gasteiger partial charge >= 0.3 is 0 Å². The lowest BCUT2D eigenvalue weighted by atomic mass is 10.1. The molecule has 30 heavy (non-hydrogen) atoms. The van der Waals surface area contributed by atoms with E-state index in [1.165, 1.54) is 11.8 Å². The van der Waals surface area contributed by atoms with Crippen LogP contribution in [0.5, 0.6) is 5.75 Å². The maximum absolute atomic E-state index is 12.5. The number of benzene rings is 2. The monoisotopic (exact) mass is 422 g/mol. The maximum Gasteiger partial charge on any atom is 0.230 e. The molecule has 1 unspecified atom stereocenters. The molecule has 3 rings (SSSR count). The summed E-state index contributed by atoms with van der Waals surface area (Å²) in [6, 6.07) is 17.6. The zero-order chi connectivity index (χ0) is 21.3. The van der Waals surface area contributed by atoms with Crippen LogP contribution in [-0.4, -0.2) is 33.0 Å². The average Bonchev–Trinajstić information content (AvgIpc) is 3.16. The van der Waals surface area contributed by atoms with Crippen LogP contribution in [0.1, 0.15) is 25.5 Å². The summed E-state index contributed by atoms with van der Waals surface area (Å²) in [5, 5.41) is 12.4. The minimum atomic E-state index is -0.0565. The van der Waals surface area contributed by atoms with Crippen molar-refractivity contribution in [2.45, 2.75) is 31.6 Å². The number of allylic oxidation sites excluding steroid dienone is 1. The molecule has 6 nitrogen and oxygen atoms in total. The Morgan fingerprint density at radius 2 is 1.93 bits per heavy atom. The summed E-state index contributed by atoms with van der Waals surface area (Å²) in [6.45, 7) is 8.86. The first kappa shape index (κ1) is 21.6. The molecule has 0 spiro atoms. The van der Waals surface area contributed by atoms with Crippen LogP contribution in [0.15, 0.2) is 72.4 Å². The highest BCUT2D eigenvalue weighted by Crippen LogP contribution is 2.31. The second-order valence-corrected chi connectivity index (χ2v) is 7.57. The first-order chi connectivity index (χ1) is 14.6. The number of aromatic nitrogens is 3. The lowest BCUT2D eigenvalue weighted by Gasteiger charge is -2.14. The number of rotatable bonds is 10. The fraction of sp³-hybridized carbons (Fsp3) is 0.261. The van der Waals surface area contributed by atoms with Gasteiger partial charge in [0, 0.05) is 6.54 Å². The quantitative estimate of drug-likeness (QED) is 0.385. The van der Waals surface area contributed by atoms with Crippen LogP contribution in [0, 0.1) is 0 Å². The molecule has 1 aromatic heterocycles. The molecule has 0 aliphatic heterocycles. The van der Waals surface area contributed by atoms with E-state index in [4.69, 9.17) is 4.74 Å². The van der Waals surface area contributed by atoms with E-state index in [2.05, 4.69) is 22.1 Å². The van der Waals surface area contributed by atoms with Crippen molar-refractivity contribution in [3.63, 3.8) is 0 Å². The third kappa shape index (κ3) is 5.30. The summed E-state index contributed by atoms with van der Waals surface area (Å²) < 4.78 is 7.69. The van der Waals surface area contributed by atoms with Gasteiger partial charge in [0.05, 0.1) is 24.0 Å². The minimum absolute atomic E-state index is 0.0548. The van der Waals surface area contributed by atoms with Crippen LogP contribution in [0.2, 0.25) is 0 Å². The van der Waals surface area contributed by atoms with Gasteiger partial charge in [-0.05, 0) is 31.5 Å². The number of carbonyl (C=O) groups excluding carboxylic acids is 1. The number of para-hydroxylation sites is 1. The van der Waals surface area contributed by atoms with Crippen molar-refractivity contribution in [1.82, 2.24) is 20.1 Å². The largest absolute Gasteiger partial charge is 0.493 e. The highest BCUT2D eigenvalue weighted by molar-refractivity contribution is 7.99. The standard InChI is InChI=1S/C23H26N4O2S/c1-4-15-27-22(19-13-9-10-14-20(19)29-5-2)25-26-23(27)30-16-21(28)24-17(3)18-11-7-6-8-12-18/h4,6-14,17H,1,5,15-16H2,2-3H3,(H,24,28). The topological polar surface area (TPSA) is 69.0 Å². The molecule has 0 aliphatic rings. The summed E-state index contributed by atoms with van der Waals surface area (Å²) in [5.74, 6) is 1.64. The first-order valence-electron chi connectivity index (χ1n) is 9.87.